The minimum atomic E-state index is -0.104. The van der Waals surface area contributed by atoms with Gasteiger partial charge in [-0.1, -0.05) is 32.4 Å². The second-order valence-corrected chi connectivity index (χ2v) is 4.68. The van der Waals surface area contributed by atoms with Gasteiger partial charge in [0.05, 0.1) is 0 Å². The Balaban J connectivity index is 2.50. The fraction of sp³-hybridized carbons (Fsp3) is 0.467. The Labute approximate surface area is 114 Å². The predicted octanol–water partition coefficient (Wildman–Crippen LogP) is 2.10. The molecule has 4 heteroatoms. The highest BCUT2D eigenvalue weighted by atomic mass is 16.2. The van der Waals surface area contributed by atoms with Gasteiger partial charge in [0.1, 0.15) is 0 Å². The Kier molecular flexibility index (Phi) is 6.06. The van der Waals surface area contributed by atoms with E-state index in [0.29, 0.717) is 12.1 Å². The van der Waals surface area contributed by atoms with Crippen molar-refractivity contribution in [1.82, 2.24) is 10.6 Å². The molecule has 0 heterocycles. The molecule has 1 rings (SSSR count). The molecule has 0 saturated carbocycles. The van der Waals surface area contributed by atoms with Crippen molar-refractivity contribution in [1.29, 1.82) is 0 Å². The summed E-state index contributed by atoms with van der Waals surface area (Å²) in [5.74, 6) is 0.0273. The topological polar surface area (TPSA) is 58.2 Å². The van der Waals surface area contributed by atoms with E-state index in [1.165, 1.54) is 0 Å². The van der Waals surface area contributed by atoms with Gasteiger partial charge in [0.25, 0.3) is 5.91 Å². The molecule has 0 bridgehead atoms. The number of nitrogens with one attached hydrogen (secondary N) is 2. The highest BCUT2D eigenvalue weighted by Gasteiger charge is 2.11. The third-order valence-electron chi connectivity index (χ3n) is 3.08. The van der Waals surface area contributed by atoms with Gasteiger partial charge in [-0.25, -0.2) is 0 Å². The van der Waals surface area contributed by atoms with Gasteiger partial charge in [0.2, 0.25) is 5.91 Å². The molecule has 1 aromatic carbocycles. The number of amides is 2. The molecule has 1 unspecified atom stereocenters. The first-order valence-electron chi connectivity index (χ1n) is 6.67. The Morgan fingerprint density at radius 1 is 1.21 bits per heavy atom. The monoisotopic (exact) mass is 262 g/mol. The maximum atomic E-state index is 11.8. The Hall–Kier alpha value is -1.84. The fourth-order valence-corrected chi connectivity index (χ4v) is 1.85. The van der Waals surface area contributed by atoms with Gasteiger partial charge in [-0.3, -0.25) is 9.59 Å². The van der Waals surface area contributed by atoms with Crippen molar-refractivity contribution >= 4 is 11.8 Å². The summed E-state index contributed by atoms with van der Waals surface area (Å²) in [5.41, 5.74) is 1.61. The minimum Gasteiger partial charge on any atom is -0.355 e. The van der Waals surface area contributed by atoms with Gasteiger partial charge in [-0.05, 0) is 24.1 Å². The van der Waals surface area contributed by atoms with Gasteiger partial charge in [0, 0.05) is 25.1 Å². The van der Waals surface area contributed by atoms with Crippen LogP contribution < -0.4 is 10.6 Å². The number of carbonyl (C=O) groups excluding carboxylic acids is 2. The first-order chi connectivity index (χ1) is 9.08. The molecule has 0 radical (unpaired) electrons. The summed E-state index contributed by atoms with van der Waals surface area (Å²) in [6.07, 6.45) is 1.91. The lowest BCUT2D eigenvalue weighted by molar-refractivity contribution is -0.124. The van der Waals surface area contributed by atoms with Crippen molar-refractivity contribution in [3.63, 3.8) is 0 Å². The van der Waals surface area contributed by atoms with Gasteiger partial charge >= 0.3 is 0 Å². The zero-order valence-electron chi connectivity index (χ0n) is 11.8. The van der Waals surface area contributed by atoms with Crippen LogP contribution in [-0.2, 0) is 11.3 Å². The summed E-state index contributed by atoms with van der Waals surface area (Å²) in [6, 6.07) is 7.23. The van der Waals surface area contributed by atoms with Crippen LogP contribution in [0, 0.1) is 5.92 Å². The average molecular weight is 262 g/mol. The summed E-state index contributed by atoms with van der Waals surface area (Å²) in [5, 5.41) is 5.48. The van der Waals surface area contributed by atoms with Crippen molar-refractivity contribution < 1.29 is 9.59 Å². The van der Waals surface area contributed by atoms with Gasteiger partial charge in [0.15, 0.2) is 0 Å². The van der Waals surface area contributed by atoms with Crippen molar-refractivity contribution in [2.75, 3.05) is 7.05 Å². The SMILES string of the molecule is CCCC(C)C(=O)NCc1ccc(C(=O)NC)cc1. The van der Waals surface area contributed by atoms with Crippen molar-refractivity contribution in [2.45, 2.75) is 33.2 Å². The van der Waals surface area contributed by atoms with Crippen LogP contribution in [0.4, 0.5) is 0 Å². The average Bonchev–Trinajstić information content (AvgIpc) is 2.44. The van der Waals surface area contributed by atoms with Gasteiger partial charge in [-0.2, -0.15) is 0 Å². The van der Waals surface area contributed by atoms with E-state index in [1.807, 2.05) is 19.1 Å². The number of benzene rings is 1. The highest BCUT2D eigenvalue weighted by Crippen LogP contribution is 2.07. The molecule has 0 aliphatic rings. The number of hydrogen-bond acceptors (Lipinski definition) is 2. The van der Waals surface area contributed by atoms with E-state index in [-0.39, 0.29) is 17.7 Å². The second-order valence-electron chi connectivity index (χ2n) is 4.68. The normalized spacial score (nSPS) is 11.7. The molecule has 2 amide bonds. The largest absolute Gasteiger partial charge is 0.355 e. The Morgan fingerprint density at radius 3 is 2.37 bits per heavy atom. The van der Waals surface area contributed by atoms with E-state index in [4.69, 9.17) is 0 Å². The molecular formula is C15H22N2O2. The van der Waals surface area contributed by atoms with Crippen LogP contribution in [0.5, 0.6) is 0 Å². The van der Waals surface area contributed by atoms with E-state index in [0.717, 1.165) is 18.4 Å². The lowest BCUT2D eigenvalue weighted by Gasteiger charge is -2.11. The highest BCUT2D eigenvalue weighted by molar-refractivity contribution is 5.93. The van der Waals surface area contributed by atoms with Crippen LogP contribution in [0.25, 0.3) is 0 Å². The molecule has 1 aromatic rings. The summed E-state index contributed by atoms with van der Waals surface area (Å²) in [6.45, 7) is 4.51. The number of hydrogen-bond donors (Lipinski definition) is 2. The molecule has 0 saturated heterocycles. The molecule has 0 aliphatic heterocycles. The van der Waals surface area contributed by atoms with Crippen molar-refractivity contribution in [3.8, 4) is 0 Å². The quantitative estimate of drug-likeness (QED) is 0.825. The van der Waals surface area contributed by atoms with Crippen LogP contribution in [0.2, 0.25) is 0 Å². The van der Waals surface area contributed by atoms with Gasteiger partial charge in [-0.15, -0.1) is 0 Å². The van der Waals surface area contributed by atoms with Gasteiger partial charge < -0.3 is 10.6 Å². The maximum Gasteiger partial charge on any atom is 0.251 e. The number of rotatable bonds is 6. The summed E-state index contributed by atoms with van der Waals surface area (Å²) in [4.78, 5) is 23.1. The van der Waals surface area contributed by atoms with Crippen LogP contribution >= 0.6 is 0 Å². The predicted molar refractivity (Wildman–Crippen MR) is 75.8 cm³/mol. The first-order valence-corrected chi connectivity index (χ1v) is 6.67. The van der Waals surface area contributed by atoms with E-state index in [2.05, 4.69) is 17.6 Å². The molecule has 0 aliphatic carbocycles. The van der Waals surface area contributed by atoms with Crippen LogP contribution in [0.1, 0.15) is 42.6 Å². The van der Waals surface area contributed by atoms with Crippen molar-refractivity contribution in [3.05, 3.63) is 35.4 Å². The molecule has 2 N–H and O–H groups in total. The van der Waals surface area contributed by atoms with Crippen LogP contribution in [0.3, 0.4) is 0 Å². The molecule has 4 nitrogen and oxygen atoms in total. The molecule has 19 heavy (non-hydrogen) atoms. The Morgan fingerprint density at radius 2 is 1.84 bits per heavy atom. The summed E-state index contributed by atoms with van der Waals surface area (Å²) in [7, 11) is 1.60. The fourth-order valence-electron chi connectivity index (χ4n) is 1.85. The molecule has 0 spiro atoms. The second kappa shape index (κ2) is 7.56. The minimum absolute atomic E-state index is 0.0511. The Bertz CT molecular complexity index is 426. The number of carbonyl (C=O) groups is 2. The summed E-state index contributed by atoms with van der Waals surface area (Å²) < 4.78 is 0. The third-order valence-corrected chi connectivity index (χ3v) is 3.08. The molecular weight excluding hydrogens is 240 g/mol. The first kappa shape index (κ1) is 15.2. The molecule has 0 fully saturated rings. The lowest BCUT2D eigenvalue weighted by Crippen LogP contribution is -2.28. The smallest absolute Gasteiger partial charge is 0.251 e. The molecule has 104 valence electrons. The van der Waals surface area contributed by atoms with E-state index >= 15 is 0 Å². The van der Waals surface area contributed by atoms with E-state index in [9.17, 15) is 9.59 Å². The zero-order chi connectivity index (χ0) is 14.3. The maximum absolute atomic E-state index is 11.8. The lowest BCUT2D eigenvalue weighted by atomic mass is 10.1. The van der Waals surface area contributed by atoms with Crippen molar-refractivity contribution in [2.24, 2.45) is 5.92 Å². The van der Waals surface area contributed by atoms with E-state index < -0.39 is 0 Å². The molecule has 1 atom stereocenters. The molecule has 0 aromatic heterocycles. The van der Waals surface area contributed by atoms with Crippen LogP contribution in [-0.4, -0.2) is 18.9 Å². The third kappa shape index (κ3) is 4.73. The van der Waals surface area contributed by atoms with E-state index in [1.54, 1.807) is 19.2 Å². The standard InChI is InChI=1S/C15H22N2O2/c1-4-5-11(2)14(18)17-10-12-6-8-13(9-7-12)15(19)16-3/h6-9,11H,4-5,10H2,1-3H3,(H,16,19)(H,17,18). The zero-order valence-corrected chi connectivity index (χ0v) is 11.8. The summed E-state index contributed by atoms with van der Waals surface area (Å²) >= 11 is 0. The van der Waals surface area contributed by atoms with Crippen LogP contribution in [0.15, 0.2) is 24.3 Å².